The zero-order valence-corrected chi connectivity index (χ0v) is 34.5. The maximum Gasteiger partial charge on any atom is 0.145 e. The van der Waals surface area contributed by atoms with Crippen LogP contribution in [0.25, 0.3) is 61.5 Å². The summed E-state index contributed by atoms with van der Waals surface area (Å²) in [5.74, 6) is 0.961. The van der Waals surface area contributed by atoms with Gasteiger partial charge in [0.05, 0.1) is 22.1 Å². The molecule has 1 unspecified atom stereocenters. The van der Waals surface area contributed by atoms with Crippen molar-refractivity contribution in [2.45, 2.75) is 24.7 Å². The van der Waals surface area contributed by atoms with Gasteiger partial charge in [-0.25, -0.2) is 4.98 Å². The monoisotopic (exact) mass is 791 g/mol. The van der Waals surface area contributed by atoms with Crippen LogP contribution < -0.4 is 4.90 Å². The predicted molar refractivity (Wildman–Crippen MR) is 255 cm³/mol. The van der Waals surface area contributed by atoms with Gasteiger partial charge in [-0.05, 0) is 115 Å². The zero-order valence-electron chi connectivity index (χ0n) is 34.5. The first-order valence-corrected chi connectivity index (χ1v) is 21.6. The van der Waals surface area contributed by atoms with Gasteiger partial charge < -0.3 is 4.90 Å². The van der Waals surface area contributed by atoms with Gasteiger partial charge in [-0.3, -0.25) is 4.57 Å². The molecule has 0 radical (unpaired) electrons. The molecule has 3 heteroatoms. The van der Waals surface area contributed by atoms with Gasteiger partial charge in [0.25, 0.3) is 0 Å². The second-order valence-corrected chi connectivity index (χ2v) is 17.5. The summed E-state index contributed by atoms with van der Waals surface area (Å²) in [5.41, 5.74) is 22.5. The highest BCUT2D eigenvalue weighted by molar-refractivity contribution is 5.98. The van der Waals surface area contributed by atoms with Gasteiger partial charge in [0.1, 0.15) is 5.82 Å². The second kappa shape index (κ2) is 12.9. The Morgan fingerprint density at radius 3 is 1.63 bits per heavy atom. The molecule has 0 amide bonds. The minimum Gasteiger partial charge on any atom is -0.310 e. The first kappa shape index (κ1) is 35.0. The Morgan fingerprint density at radius 2 is 0.903 bits per heavy atom. The number of rotatable bonds is 5. The molecule has 13 rings (SSSR count). The van der Waals surface area contributed by atoms with Gasteiger partial charge in [-0.2, -0.15) is 0 Å². The van der Waals surface area contributed by atoms with Gasteiger partial charge in [-0.15, -0.1) is 0 Å². The molecule has 3 nitrogen and oxygen atoms in total. The molecular weight excluding hydrogens is 751 g/mol. The molecule has 1 aromatic heterocycles. The summed E-state index contributed by atoms with van der Waals surface area (Å²) in [5, 5.41) is 0. The average molecular weight is 792 g/mol. The van der Waals surface area contributed by atoms with Crippen molar-refractivity contribution in [3.8, 4) is 50.5 Å². The molecule has 0 fully saturated rings. The molecule has 0 saturated carbocycles. The third-order valence-corrected chi connectivity index (χ3v) is 14.0. The molecule has 9 aromatic carbocycles. The van der Waals surface area contributed by atoms with E-state index in [-0.39, 0.29) is 5.41 Å². The number of benzene rings is 9. The summed E-state index contributed by atoms with van der Waals surface area (Å²) >= 11 is 0. The fourth-order valence-electron chi connectivity index (χ4n) is 11.3. The lowest BCUT2D eigenvalue weighted by molar-refractivity contribution is 0.660. The van der Waals surface area contributed by atoms with E-state index >= 15 is 0 Å². The Kier molecular flexibility index (Phi) is 7.28. The topological polar surface area (TPSA) is 21.1 Å². The number of hydrogen-bond acceptors (Lipinski definition) is 2. The Hall–Kier alpha value is -7.75. The van der Waals surface area contributed by atoms with Crippen LogP contribution in [0, 0.1) is 0 Å². The third kappa shape index (κ3) is 4.68. The van der Waals surface area contributed by atoms with Crippen LogP contribution >= 0.6 is 0 Å². The Morgan fingerprint density at radius 1 is 0.387 bits per heavy atom. The van der Waals surface area contributed by atoms with Crippen molar-refractivity contribution in [1.29, 1.82) is 0 Å². The highest BCUT2D eigenvalue weighted by Gasteiger charge is 2.51. The largest absolute Gasteiger partial charge is 0.310 e. The SMILES string of the molecule is CC1(C)c2ccccc2-c2ccc(N(c3ccc(-c4ccccc4)cc3)c3ccc4c(c3)C3(c5ccccc5-4)c4ccccc4-n4c(-c5ccccc5)nc5cccc3c54)cc21. The van der Waals surface area contributed by atoms with E-state index in [1.165, 1.54) is 66.8 Å². The van der Waals surface area contributed by atoms with Crippen LogP contribution in [0.4, 0.5) is 17.1 Å². The highest BCUT2D eigenvalue weighted by atomic mass is 15.1. The molecule has 1 aliphatic heterocycles. The van der Waals surface area contributed by atoms with E-state index in [9.17, 15) is 0 Å². The van der Waals surface area contributed by atoms with E-state index < -0.39 is 5.41 Å². The van der Waals surface area contributed by atoms with Crippen molar-refractivity contribution in [1.82, 2.24) is 9.55 Å². The number of nitrogens with zero attached hydrogens (tertiary/aromatic N) is 3. The Labute approximate surface area is 361 Å². The first-order valence-electron chi connectivity index (χ1n) is 21.6. The van der Waals surface area contributed by atoms with E-state index in [1.807, 2.05) is 0 Å². The van der Waals surface area contributed by atoms with Gasteiger partial charge in [0, 0.05) is 28.0 Å². The number of fused-ring (bicyclic) bond motifs is 12. The quantitative estimate of drug-likeness (QED) is 0.173. The number of aromatic nitrogens is 2. The minimum atomic E-state index is -0.591. The lowest BCUT2D eigenvalue weighted by Gasteiger charge is -2.39. The number of anilines is 3. The standard InChI is InChI=1S/C59H41N3/c1-58(2)48-22-11-9-20-44(48)46-34-32-42(36-52(46)58)61(41-30-28-39(29-31-41)38-16-5-3-6-17-38)43-33-35-47-45-21-10-12-23-49(45)59(53(47)37-43)50-24-13-14-27-55(50)62-56-51(59)25-15-26-54(56)60-57(62)40-18-7-4-8-19-40/h3-37H,1-2H3. The first-order chi connectivity index (χ1) is 30.5. The van der Waals surface area contributed by atoms with Crippen LogP contribution in [0.3, 0.4) is 0 Å². The summed E-state index contributed by atoms with van der Waals surface area (Å²) in [4.78, 5) is 7.85. The molecule has 3 aliphatic rings. The predicted octanol–water partition coefficient (Wildman–Crippen LogP) is 14.8. The van der Waals surface area contributed by atoms with Gasteiger partial charge >= 0.3 is 0 Å². The van der Waals surface area contributed by atoms with Crippen LogP contribution in [-0.4, -0.2) is 9.55 Å². The molecular formula is C59H41N3. The molecule has 2 heterocycles. The van der Waals surface area contributed by atoms with Crippen molar-refractivity contribution in [2.75, 3.05) is 4.90 Å². The lowest BCUT2D eigenvalue weighted by atomic mass is 9.65. The Balaban J connectivity index is 1.07. The molecule has 0 bridgehead atoms. The lowest BCUT2D eigenvalue weighted by Crippen LogP contribution is -2.33. The summed E-state index contributed by atoms with van der Waals surface area (Å²) in [7, 11) is 0. The van der Waals surface area contributed by atoms with E-state index in [0.29, 0.717) is 0 Å². The maximum absolute atomic E-state index is 5.38. The third-order valence-electron chi connectivity index (χ3n) is 14.0. The van der Waals surface area contributed by atoms with Gasteiger partial charge in [0.2, 0.25) is 0 Å². The smallest absolute Gasteiger partial charge is 0.145 e. The summed E-state index contributed by atoms with van der Waals surface area (Å²) < 4.78 is 2.41. The van der Waals surface area contributed by atoms with Crippen LogP contribution in [0.1, 0.15) is 47.2 Å². The summed E-state index contributed by atoms with van der Waals surface area (Å²) in [6.45, 7) is 4.73. The minimum absolute atomic E-state index is 0.138. The van der Waals surface area contributed by atoms with Crippen molar-refractivity contribution < 1.29 is 0 Å². The van der Waals surface area contributed by atoms with E-state index in [2.05, 4.69) is 236 Å². The molecule has 1 atom stereocenters. The Bertz CT molecular complexity index is 3430. The molecule has 0 N–H and O–H groups in total. The van der Waals surface area contributed by atoms with Crippen LogP contribution in [0.2, 0.25) is 0 Å². The van der Waals surface area contributed by atoms with Crippen LogP contribution in [0.5, 0.6) is 0 Å². The normalized spacial score (nSPS) is 15.8. The van der Waals surface area contributed by atoms with Crippen molar-refractivity contribution in [3.05, 3.63) is 246 Å². The van der Waals surface area contributed by atoms with E-state index in [0.717, 1.165) is 45.2 Å². The van der Waals surface area contributed by atoms with Crippen LogP contribution in [0.15, 0.2) is 212 Å². The second-order valence-electron chi connectivity index (χ2n) is 17.5. The zero-order chi connectivity index (χ0) is 41.2. The van der Waals surface area contributed by atoms with E-state index in [1.54, 1.807) is 0 Å². The van der Waals surface area contributed by atoms with Gasteiger partial charge in [0.15, 0.2) is 0 Å². The van der Waals surface area contributed by atoms with Gasteiger partial charge in [-0.1, -0.05) is 178 Å². The van der Waals surface area contributed by atoms with E-state index in [4.69, 9.17) is 4.98 Å². The van der Waals surface area contributed by atoms with Crippen molar-refractivity contribution >= 4 is 28.1 Å². The summed E-state index contributed by atoms with van der Waals surface area (Å²) in [6.07, 6.45) is 0. The average Bonchev–Trinajstić information content (AvgIpc) is 3.94. The molecule has 292 valence electrons. The number of hydrogen-bond donors (Lipinski definition) is 0. The molecule has 1 spiro atoms. The molecule has 62 heavy (non-hydrogen) atoms. The fourth-order valence-corrected chi connectivity index (χ4v) is 11.3. The highest BCUT2D eigenvalue weighted by Crippen LogP contribution is 2.61. The number of para-hydroxylation sites is 2. The molecule has 10 aromatic rings. The fraction of sp³-hybridized carbons (Fsp3) is 0.0678. The van der Waals surface area contributed by atoms with Crippen molar-refractivity contribution in [2.24, 2.45) is 0 Å². The molecule has 2 aliphatic carbocycles. The molecule has 0 saturated heterocycles. The maximum atomic E-state index is 5.38. The van der Waals surface area contributed by atoms with Crippen molar-refractivity contribution in [3.63, 3.8) is 0 Å². The van der Waals surface area contributed by atoms with Crippen LogP contribution in [-0.2, 0) is 10.8 Å². The summed E-state index contributed by atoms with van der Waals surface area (Å²) in [6, 6.07) is 78.4. The number of imidazole rings is 1.